The zero-order valence-electron chi connectivity index (χ0n) is 12.5. The van der Waals surface area contributed by atoms with Crippen LogP contribution in [0.5, 0.6) is 11.5 Å². The SMILES string of the molecule is Cc1csc(-c2cncc(OCc3c(C)cccc3O)c2)c1. The minimum Gasteiger partial charge on any atom is -0.508 e. The molecule has 3 rings (SSSR count). The van der Waals surface area contributed by atoms with Crippen LogP contribution in [-0.4, -0.2) is 10.1 Å². The van der Waals surface area contributed by atoms with Crippen molar-refractivity contribution in [1.82, 2.24) is 4.98 Å². The van der Waals surface area contributed by atoms with E-state index in [1.165, 1.54) is 10.4 Å². The number of ether oxygens (including phenoxy) is 1. The maximum absolute atomic E-state index is 9.91. The van der Waals surface area contributed by atoms with Gasteiger partial charge in [-0.3, -0.25) is 4.98 Å². The number of nitrogens with zero attached hydrogens (tertiary/aromatic N) is 1. The van der Waals surface area contributed by atoms with Crippen molar-refractivity contribution in [1.29, 1.82) is 0 Å². The van der Waals surface area contributed by atoms with Gasteiger partial charge in [-0.1, -0.05) is 12.1 Å². The molecule has 0 atom stereocenters. The third kappa shape index (κ3) is 3.12. The highest BCUT2D eigenvalue weighted by atomic mass is 32.1. The number of aryl methyl sites for hydroxylation is 2. The highest BCUT2D eigenvalue weighted by Crippen LogP contribution is 2.29. The molecular formula is C18H17NO2S. The van der Waals surface area contributed by atoms with Crippen molar-refractivity contribution in [2.75, 3.05) is 0 Å². The van der Waals surface area contributed by atoms with Gasteiger partial charge in [-0.2, -0.15) is 0 Å². The van der Waals surface area contributed by atoms with Crippen molar-refractivity contribution in [3.63, 3.8) is 0 Å². The number of thiophene rings is 1. The summed E-state index contributed by atoms with van der Waals surface area (Å²) in [6, 6.07) is 9.58. The van der Waals surface area contributed by atoms with Crippen LogP contribution in [0.3, 0.4) is 0 Å². The summed E-state index contributed by atoms with van der Waals surface area (Å²) in [7, 11) is 0. The molecule has 0 saturated carbocycles. The van der Waals surface area contributed by atoms with Crippen LogP contribution in [-0.2, 0) is 6.61 Å². The number of hydrogen-bond donors (Lipinski definition) is 1. The van der Waals surface area contributed by atoms with Crippen molar-refractivity contribution in [3.05, 3.63) is 64.8 Å². The molecule has 0 aliphatic heterocycles. The van der Waals surface area contributed by atoms with E-state index in [4.69, 9.17) is 4.74 Å². The van der Waals surface area contributed by atoms with E-state index in [2.05, 4.69) is 23.4 Å². The van der Waals surface area contributed by atoms with Crippen LogP contribution in [0, 0.1) is 13.8 Å². The predicted octanol–water partition coefficient (Wildman–Crippen LogP) is 4.71. The van der Waals surface area contributed by atoms with Crippen LogP contribution in [0.15, 0.2) is 48.1 Å². The van der Waals surface area contributed by atoms with Gasteiger partial charge in [0, 0.05) is 22.2 Å². The largest absolute Gasteiger partial charge is 0.508 e. The molecule has 4 heteroatoms. The molecule has 1 aromatic carbocycles. The highest BCUT2D eigenvalue weighted by Gasteiger charge is 2.07. The Morgan fingerprint density at radius 1 is 1.18 bits per heavy atom. The molecular weight excluding hydrogens is 294 g/mol. The van der Waals surface area contributed by atoms with Gasteiger partial charge >= 0.3 is 0 Å². The number of pyridine rings is 1. The molecule has 0 aliphatic rings. The van der Waals surface area contributed by atoms with Crippen LogP contribution >= 0.6 is 11.3 Å². The summed E-state index contributed by atoms with van der Waals surface area (Å²) in [5, 5.41) is 12.0. The third-order valence-corrected chi connectivity index (χ3v) is 4.59. The standard InChI is InChI=1S/C18H17NO2S/c1-12-6-18(22-11-12)14-7-15(9-19-8-14)21-10-16-13(2)4-3-5-17(16)20/h3-9,11,20H,10H2,1-2H3. The predicted molar refractivity (Wildman–Crippen MR) is 89.5 cm³/mol. The fourth-order valence-corrected chi connectivity index (χ4v) is 3.13. The zero-order valence-corrected chi connectivity index (χ0v) is 13.4. The molecule has 1 N–H and O–H groups in total. The van der Waals surface area contributed by atoms with Crippen LogP contribution in [0.25, 0.3) is 10.4 Å². The Labute approximate surface area is 133 Å². The van der Waals surface area contributed by atoms with Crippen LogP contribution in [0.1, 0.15) is 16.7 Å². The van der Waals surface area contributed by atoms with Crippen LogP contribution < -0.4 is 4.74 Å². The Morgan fingerprint density at radius 3 is 2.77 bits per heavy atom. The van der Waals surface area contributed by atoms with Crippen molar-refractivity contribution in [3.8, 4) is 21.9 Å². The summed E-state index contributed by atoms with van der Waals surface area (Å²) in [5.41, 5.74) is 4.11. The minimum absolute atomic E-state index is 0.262. The lowest BCUT2D eigenvalue weighted by molar-refractivity contribution is 0.297. The Balaban J connectivity index is 1.79. The van der Waals surface area contributed by atoms with E-state index < -0.39 is 0 Å². The molecule has 0 bridgehead atoms. The number of aromatic nitrogens is 1. The van der Waals surface area contributed by atoms with E-state index in [0.29, 0.717) is 12.4 Å². The summed E-state index contributed by atoms with van der Waals surface area (Å²) < 4.78 is 5.80. The van der Waals surface area contributed by atoms with Gasteiger partial charge in [0.25, 0.3) is 0 Å². The second-order valence-corrected chi connectivity index (χ2v) is 6.17. The van der Waals surface area contributed by atoms with Gasteiger partial charge in [0.2, 0.25) is 0 Å². The van der Waals surface area contributed by atoms with E-state index in [0.717, 1.165) is 16.7 Å². The fraction of sp³-hybridized carbons (Fsp3) is 0.167. The molecule has 0 spiro atoms. The summed E-state index contributed by atoms with van der Waals surface area (Å²) in [5.74, 6) is 0.962. The number of rotatable bonds is 4. The average molecular weight is 311 g/mol. The van der Waals surface area contributed by atoms with Gasteiger partial charge < -0.3 is 9.84 Å². The maximum Gasteiger partial charge on any atom is 0.138 e. The maximum atomic E-state index is 9.91. The monoisotopic (exact) mass is 311 g/mol. The average Bonchev–Trinajstić information content (AvgIpc) is 2.94. The van der Waals surface area contributed by atoms with Gasteiger partial charge in [-0.15, -0.1) is 11.3 Å². The number of benzene rings is 1. The second kappa shape index (κ2) is 6.20. The zero-order chi connectivity index (χ0) is 15.5. The van der Waals surface area contributed by atoms with E-state index in [9.17, 15) is 5.11 Å². The lowest BCUT2D eigenvalue weighted by Crippen LogP contribution is -1.98. The fourth-order valence-electron chi connectivity index (χ4n) is 2.25. The van der Waals surface area contributed by atoms with E-state index in [1.807, 2.05) is 31.3 Å². The molecule has 112 valence electrons. The first-order valence-corrected chi connectivity index (χ1v) is 7.92. The van der Waals surface area contributed by atoms with Gasteiger partial charge in [0.05, 0.1) is 6.20 Å². The van der Waals surface area contributed by atoms with Gasteiger partial charge in [0.1, 0.15) is 18.1 Å². The molecule has 2 aromatic heterocycles. The molecule has 0 fully saturated rings. The molecule has 0 aliphatic carbocycles. The number of hydrogen-bond acceptors (Lipinski definition) is 4. The molecule has 0 radical (unpaired) electrons. The first kappa shape index (κ1) is 14.6. The van der Waals surface area contributed by atoms with E-state index in [1.54, 1.807) is 23.6 Å². The first-order chi connectivity index (χ1) is 10.6. The normalized spacial score (nSPS) is 10.6. The van der Waals surface area contributed by atoms with Crippen molar-refractivity contribution < 1.29 is 9.84 Å². The number of aromatic hydroxyl groups is 1. The smallest absolute Gasteiger partial charge is 0.138 e. The molecule has 0 saturated heterocycles. The van der Waals surface area contributed by atoms with Gasteiger partial charge in [0.15, 0.2) is 0 Å². The second-order valence-electron chi connectivity index (χ2n) is 5.26. The molecule has 22 heavy (non-hydrogen) atoms. The third-order valence-electron chi connectivity index (χ3n) is 3.50. The Kier molecular flexibility index (Phi) is 4.11. The van der Waals surface area contributed by atoms with Crippen molar-refractivity contribution >= 4 is 11.3 Å². The summed E-state index contributed by atoms with van der Waals surface area (Å²) >= 11 is 1.70. The van der Waals surface area contributed by atoms with Gasteiger partial charge in [-0.05, 0) is 48.6 Å². The quantitative estimate of drug-likeness (QED) is 0.758. The van der Waals surface area contributed by atoms with E-state index >= 15 is 0 Å². The van der Waals surface area contributed by atoms with Crippen LogP contribution in [0.4, 0.5) is 0 Å². The summed E-state index contributed by atoms with van der Waals surface area (Å²) in [6.07, 6.45) is 3.53. The van der Waals surface area contributed by atoms with E-state index in [-0.39, 0.29) is 5.75 Å². The lowest BCUT2D eigenvalue weighted by Gasteiger charge is -2.10. The topological polar surface area (TPSA) is 42.4 Å². The summed E-state index contributed by atoms with van der Waals surface area (Å²) in [4.78, 5) is 5.42. The minimum atomic E-state index is 0.262. The molecule has 2 heterocycles. The first-order valence-electron chi connectivity index (χ1n) is 7.04. The van der Waals surface area contributed by atoms with Crippen molar-refractivity contribution in [2.24, 2.45) is 0 Å². The molecule has 3 nitrogen and oxygen atoms in total. The van der Waals surface area contributed by atoms with Crippen molar-refractivity contribution in [2.45, 2.75) is 20.5 Å². The van der Waals surface area contributed by atoms with Crippen LogP contribution in [0.2, 0.25) is 0 Å². The Bertz CT molecular complexity index is 775. The van der Waals surface area contributed by atoms with Gasteiger partial charge in [-0.25, -0.2) is 0 Å². The highest BCUT2D eigenvalue weighted by molar-refractivity contribution is 7.13. The molecule has 3 aromatic rings. The molecule has 0 amide bonds. The number of phenols is 1. The Morgan fingerprint density at radius 2 is 2.05 bits per heavy atom. The Hall–Kier alpha value is -2.33. The summed E-state index contributed by atoms with van der Waals surface area (Å²) in [6.45, 7) is 4.36. The lowest BCUT2D eigenvalue weighted by atomic mass is 10.1. The number of phenolic OH excluding ortho intramolecular Hbond substituents is 1. The molecule has 0 unspecified atom stereocenters.